The molecule has 0 bridgehead atoms. The molecule has 1 rings (SSSR count). The van der Waals surface area contributed by atoms with Crippen molar-refractivity contribution in [3.63, 3.8) is 0 Å². The van der Waals surface area contributed by atoms with Crippen LogP contribution in [0, 0.1) is 0 Å². The largest absolute Gasteiger partial charge is 0.468 e. The normalized spacial score (nSPS) is 11.7. The van der Waals surface area contributed by atoms with Crippen molar-refractivity contribution in [1.82, 2.24) is 10.2 Å². The zero-order valence-corrected chi connectivity index (χ0v) is 12.0. The first-order chi connectivity index (χ1) is 8.69. The van der Waals surface area contributed by atoms with Crippen molar-refractivity contribution in [2.24, 2.45) is 0 Å². The zero-order chi connectivity index (χ0) is 13.4. The lowest BCUT2D eigenvalue weighted by Gasteiger charge is -2.25. The van der Waals surface area contributed by atoms with Gasteiger partial charge in [-0.05, 0) is 26.5 Å². The molecule has 0 radical (unpaired) electrons. The Bertz CT molecular complexity index is 323. The topological polar surface area (TPSA) is 37.6 Å². The van der Waals surface area contributed by atoms with Crippen LogP contribution in [0.1, 0.15) is 32.1 Å². The summed E-state index contributed by atoms with van der Waals surface area (Å²) in [5.74, 6) is 1.06. The number of hydrogen-bond acceptors (Lipinski definition) is 4. The van der Waals surface area contributed by atoms with E-state index in [9.17, 15) is 0 Å². The molecular formula is C14H26N2O2. The standard InChI is InChI=1S/C14H26N2O2/c1-5-15-10-13-6-8-18-14(13)11-16(12(2)3)7-9-17-4/h6,8,12,15H,5,7,9-11H2,1-4H3. The van der Waals surface area contributed by atoms with E-state index in [-0.39, 0.29) is 0 Å². The third kappa shape index (κ3) is 4.80. The van der Waals surface area contributed by atoms with Gasteiger partial charge in [0.15, 0.2) is 0 Å². The first kappa shape index (κ1) is 15.2. The summed E-state index contributed by atoms with van der Waals surface area (Å²) in [5.41, 5.74) is 1.25. The molecule has 0 saturated carbocycles. The predicted octanol–water partition coefficient (Wildman–Crippen LogP) is 2.25. The second kappa shape index (κ2) is 8.29. The van der Waals surface area contributed by atoms with Gasteiger partial charge in [0.25, 0.3) is 0 Å². The molecule has 1 aromatic rings. The molecule has 1 N–H and O–H groups in total. The fraction of sp³-hybridized carbons (Fsp3) is 0.714. The van der Waals surface area contributed by atoms with Crippen molar-refractivity contribution in [3.05, 3.63) is 23.7 Å². The van der Waals surface area contributed by atoms with Crippen LogP contribution in [0.4, 0.5) is 0 Å². The number of methoxy groups -OCH3 is 1. The van der Waals surface area contributed by atoms with Gasteiger partial charge in [-0.15, -0.1) is 0 Å². The lowest BCUT2D eigenvalue weighted by atomic mass is 10.2. The average molecular weight is 254 g/mol. The smallest absolute Gasteiger partial charge is 0.122 e. The second-order valence-corrected chi connectivity index (χ2v) is 4.71. The predicted molar refractivity (Wildman–Crippen MR) is 73.5 cm³/mol. The second-order valence-electron chi connectivity index (χ2n) is 4.71. The average Bonchev–Trinajstić information content (AvgIpc) is 2.78. The van der Waals surface area contributed by atoms with E-state index in [4.69, 9.17) is 9.15 Å². The van der Waals surface area contributed by atoms with Crippen LogP contribution >= 0.6 is 0 Å². The van der Waals surface area contributed by atoms with E-state index in [0.717, 1.165) is 38.5 Å². The van der Waals surface area contributed by atoms with Crippen molar-refractivity contribution in [3.8, 4) is 0 Å². The molecule has 0 spiro atoms. The Kier molecular flexibility index (Phi) is 7.01. The molecule has 104 valence electrons. The fourth-order valence-corrected chi connectivity index (χ4v) is 1.84. The molecule has 1 aromatic heterocycles. The summed E-state index contributed by atoms with van der Waals surface area (Å²) in [7, 11) is 1.74. The van der Waals surface area contributed by atoms with E-state index in [2.05, 4.69) is 31.0 Å². The lowest BCUT2D eigenvalue weighted by molar-refractivity contribution is 0.119. The number of furan rings is 1. The van der Waals surface area contributed by atoms with Crippen molar-refractivity contribution in [2.75, 3.05) is 26.8 Å². The van der Waals surface area contributed by atoms with E-state index < -0.39 is 0 Å². The number of nitrogens with zero attached hydrogens (tertiary/aromatic N) is 1. The number of hydrogen-bond donors (Lipinski definition) is 1. The Morgan fingerprint density at radius 1 is 1.44 bits per heavy atom. The SMILES string of the molecule is CCNCc1ccoc1CN(CCOC)C(C)C. The summed E-state index contributed by atoms with van der Waals surface area (Å²) in [5, 5.41) is 3.33. The molecule has 0 aliphatic carbocycles. The molecule has 0 saturated heterocycles. The fourth-order valence-electron chi connectivity index (χ4n) is 1.84. The van der Waals surface area contributed by atoms with Gasteiger partial charge in [-0.1, -0.05) is 6.92 Å². The van der Waals surface area contributed by atoms with Crippen LogP contribution < -0.4 is 5.32 Å². The van der Waals surface area contributed by atoms with Crippen LogP contribution in [0.2, 0.25) is 0 Å². The van der Waals surface area contributed by atoms with Gasteiger partial charge in [0, 0.05) is 31.8 Å². The van der Waals surface area contributed by atoms with E-state index in [1.807, 2.05) is 6.07 Å². The van der Waals surface area contributed by atoms with Crippen molar-refractivity contribution >= 4 is 0 Å². The molecule has 0 unspecified atom stereocenters. The zero-order valence-electron chi connectivity index (χ0n) is 12.0. The lowest BCUT2D eigenvalue weighted by Crippen LogP contribution is -2.33. The van der Waals surface area contributed by atoms with Crippen molar-refractivity contribution < 1.29 is 9.15 Å². The summed E-state index contributed by atoms with van der Waals surface area (Å²) >= 11 is 0. The van der Waals surface area contributed by atoms with Gasteiger partial charge in [0.2, 0.25) is 0 Å². The third-order valence-corrected chi connectivity index (χ3v) is 3.06. The monoisotopic (exact) mass is 254 g/mol. The molecule has 18 heavy (non-hydrogen) atoms. The van der Waals surface area contributed by atoms with E-state index in [1.54, 1.807) is 13.4 Å². The molecular weight excluding hydrogens is 228 g/mol. The Morgan fingerprint density at radius 2 is 2.22 bits per heavy atom. The Morgan fingerprint density at radius 3 is 2.83 bits per heavy atom. The minimum absolute atomic E-state index is 0.484. The van der Waals surface area contributed by atoms with Gasteiger partial charge < -0.3 is 14.5 Å². The summed E-state index contributed by atoms with van der Waals surface area (Å²) in [6.45, 7) is 10.9. The minimum atomic E-state index is 0.484. The molecule has 4 nitrogen and oxygen atoms in total. The maximum atomic E-state index is 5.60. The Balaban J connectivity index is 2.59. The van der Waals surface area contributed by atoms with Crippen LogP contribution in [0.5, 0.6) is 0 Å². The van der Waals surface area contributed by atoms with Gasteiger partial charge in [-0.3, -0.25) is 4.90 Å². The van der Waals surface area contributed by atoms with E-state index >= 15 is 0 Å². The third-order valence-electron chi connectivity index (χ3n) is 3.06. The highest BCUT2D eigenvalue weighted by molar-refractivity contribution is 5.16. The van der Waals surface area contributed by atoms with Gasteiger partial charge >= 0.3 is 0 Å². The van der Waals surface area contributed by atoms with Crippen LogP contribution in [0.15, 0.2) is 16.7 Å². The quantitative estimate of drug-likeness (QED) is 0.733. The number of nitrogens with one attached hydrogen (secondary N) is 1. The molecule has 4 heteroatoms. The Hall–Kier alpha value is -0.840. The van der Waals surface area contributed by atoms with Crippen LogP contribution in [-0.2, 0) is 17.8 Å². The highest BCUT2D eigenvalue weighted by atomic mass is 16.5. The highest BCUT2D eigenvalue weighted by Crippen LogP contribution is 2.14. The van der Waals surface area contributed by atoms with Crippen LogP contribution in [0.3, 0.4) is 0 Å². The van der Waals surface area contributed by atoms with Crippen LogP contribution in [0.25, 0.3) is 0 Å². The van der Waals surface area contributed by atoms with Crippen molar-refractivity contribution in [2.45, 2.75) is 39.9 Å². The molecule has 0 aliphatic heterocycles. The number of rotatable bonds is 9. The maximum Gasteiger partial charge on any atom is 0.122 e. The van der Waals surface area contributed by atoms with E-state index in [1.165, 1.54) is 5.56 Å². The number of ether oxygens (including phenoxy) is 1. The summed E-state index contributed by atoms with van der Waals surface area (Å²) in [4.78, 5) is 2.36. The molecule has 0 fully saturated rings. The van der Waals surface area contributed by atoms with Gasteiger partial charge in [-0.25, -0.2) is 0 Å². The van der Waals surface area contributed by atoms with Gasteiger partial charge in [0.05, 0.1) is 19.4 Å². The summed E-state index contributed by atoms with van der Waals surface area (Å²) in [6.07, 6.45) is 1.77. The summed E-state index contributed by atoms with van der Waals surface area (Å²) in [6, 6.07) is 2.53. The molecule has 0 amide bonds. The molecule has 1 heterocycles. The molecule has 0 aliphatic rings. The van der Waals surface area contributed by atoms with Gasteiger partial charge in [-0.2, -0.15) is 0 Å². The highest BCUT2D eigenvalue weighted by Gasteiger charge is 2.14. The molecule has 0 aromatic carbocycles. The van der Waals surface area contributed by atoms with Crippen molar-refractivity contribution in [1.29, 1.82) is 0 Å². The molecule has 0 atom stereocenters. The first-order valence-electron chi connectivity index (χ1n) is 6.68. The Labute approximate surface area is 110 Å². The van der Waals surface area contributed by atoms with Gasteiger partial charge in [0.1, 0.15) is 5.76 Å². The first-order valence-corrected chi connectivity index (χ1v) is 6.68. The minimum Gasteiger partial charge on any atom is -0.468 e. The van der Waals surface area contributed by atoms with Crippen LogP contribution in [-0.4, -0.2) is 37.7 Å². The van der Waals surface area contributed by atoms with E-state index in [0.29, 0.717) is 6.04 Å². The maximum absolute atomic E-state index is 5.60. The summed E-state index contributed by atoms with van der Waals surface area (Å²) < 4.78 is 10.8.